The third-order valence-electron chi connectivity index (χ3n) is 3.13. The Morgan fingerprint density at radius 3 is 2.67 bits per heavy atom. The molecule has 15 heavy (non-hydrogen) atoms. The largest absolute Gasteiger partial charge is 0.192 e. The van der Waals surface area contributed by atoms with Gasteiger partial charge < -0.3 is 0 Å². The minimum Gasteiger partial charge on any atom is -0.192 e. The maximum absolute atomic E-state index is 9.09. The first-order valence-electron chi connectivity index (χ1n) is 5.07. The standard InChI is InChI=1S/C11H11N2PS/c1-7-3-2-4-8(7)11-9(5-12)10(6-13)14-15-11/h7-8H,2-4H2,1H3. The van der Waals surface area contributed by atoms with Gasteiger partial charge in [-0.2, -0.15) is 10.5 Å². The van der Waals surface area contributed by atoms with Gasteiger partial charge >= 0.3 is 0 Å². The first-order valence-corrected chi connectivity index (χ1v) is 7.39. The van der Waals surface area contributed by atoms with E-state index in [0.29, 0.717) is 22.7 Å². The molecule has 1 heterocycles. The summed E-state index contributed by atoms with van der Waals surface area (Å²) in [4.78, 5) is 1.18. The Labute approximate surface area is 95.0 Å². The van der Waals surface area contributed by atoms with Crippen LogP contribution in [0.25, 0.3) is 0 Å². The van der Waals surface area contributed by atoms with Crippen molar-refractivity contribution in [1.29, 1.82) is 10.5 Å². The van der Waals surface area contributed by atoms with Gasteiger partial charge in [0.25, 0.3) is 0 Å². The van der Waals surface area contributed by atoms with Crippen LogP contribution in [0.2, 0.25) is 0 Å². The van der Waals surface area contributed by atoms with E-state index in [1.165, 1.54) is 24.1 Å². The monoisotopic (exact) mass is 234 g/mol. The van der Waals surface area contributed by atoms with Crippen molar-refractivity contribution in [1.82, 2.24) is 0 Å². The average Bonchev–Trinajstić information content (AvgIpc) is 2.82. The van der Waals surface area contributed by atoms with E-state index in [-0.39, 0.29) is 0 Å². The van der Waals surface area contributed by atoms with Gasteiger partial charge in [0, 0.05) is 12.2 Å². The van der Waals surface area contributed by atoms with E-state index in [9.17, 15) is 0 Å². The van der Waals surface area contributed by atoms with Crippen molar-refractivity contribution < 1.29 is 0 Å². The van der Waals surface area contributed by atoms with Crippen molar-refractivity contribution in [3.05, 3.63) is 15.7 Å². The summed E-state index contributed by atoms with van der Waals surface area (Å²) in [6, 6.07) is 4.34. The molecule has 0 spiro atoms. The molecule has 2 unspecified atom stereocenters. The minimum atomic E-state index is 0.531. The van der Waals surface area contributed by atoms with Gasteiger partial charge in [0.1, 0.15) is 17.4 Å². The molecule has 0 N–H and O–H groups in total. The molecule has 1 aliphatic carbocycles. The summed E-state index contributed by atoms with van der Waals surface area (Å²) in [5, 5.41) is 18.6. The third-order valence-corrected chi connectivity index (χ3v) is 5.85. The van der Waals surface area contributed by atoms with E-state index in [1.807, 2.05) is 0 Å². The Morgan fingerprint density at radius 1 is 1.33 bits per heavy atom. The molecule has 4 heteroatoms. The number of hydrogen-bond acceptors (Lipinski definition) is 3. The van der Waals surface area contributed by atoms with Crippen molar-refractivity contribution in [2.45, 2.75) is 32.1 Å². The van der Waals surface area contributed by atoms with Crippen LogP contribution in [0.15, 0.2) is 0 Å². The second kappa shape index (κ2) is 4.31. The fraction of sp³-hybridized carbons (Fsp3) is 0.545. The molecule has 1 aliphatic rings. The molecule has 2 rings (SSSR count). The number of hydrogen-bond donors (Lipinski definition) is 0. The molecule has 0 bridgehead atoms. The van der Waals surface area contributed by atoms with Gasteiger partial charge in [0.05, 0.1) is 5.56 Å². The minimum absolute atomic E-state index is 0.531. The summed E-state index contributed by atoms with van der Waals surface area (Å²) in [6.07, 6.45) is 3.70. The van der Waals surface area contributed by atoms with Crippen LogP contribution < -0.4 is 0 Å². The van der Waals surface area contributed by atoms with Gasteiger partial charge in [0.15, 0.2) is 0 Å². The number of nitriles is 2. The van der Waals surface area contributed by atoms with Gasteiger partial charge in [-0.3, -0.25) is 0 Å². The van der Waals surface area contributed by atoms with Gasteiger partial charge in [-0.05, 0) is 18.3 Å². The normalized spacial score (nSPS) is 25.3. The molecule has 0 aliphatic heterocycles. The molecule has 1 fully saturated rings. The molecule has 76 valence electrons. The van der Waals surface area contributed by atoms with Crippen molar-refractivity contribution in [2.24, 2.45) is 5.92 Å². The van der Waals surface area contributed by atoms with E-state index in [4.69, 9.17) is 10.5 Å². The predicted octanol–water partition coefficient (Wildman–Crippen LogP) is 3.98. The summed E-state index contributed by atoms with van der Waals surface area (Å²) in [7, 11) is 2.63. The molecule has 0 radical (unpaired) electrons. The Bertz CT molecular complexity index is 452. The van der Waals surface area contributed by atoms with Crippen LogP contribution >= 0.6 is 18.3 Å². The van der Waals surface area contributed by atoms with E-state index < -0.39 is 0 Å². The van der Waals surface area contributed by atoms with E-state index in [2.05, 4.69) is 19.1 Å². The van der Waals surface area contributed by atoms with Crippen molar-refractivity contribution >= 4 is 18.3 Å². The van der Waals surface area contributed by atoms with Crippen LogP contribution in [0.5, 0.6) is 0 Å². The zero-order valence-corrected chi connectivity index (χ0v) is 10.2. The van der Waals surface area contributed by atoms with Crippen LogP contribution in [-0.2, 0) is 0 Å². The first-order chi connectivity index (χ1) is 7.27. The van der Waals surface area contributed by atoms with Gasteiger partial charge in [0.2, 0.25) is 0 Å². The lowest BCUT2D eigenvalue weighted by atomic mass is 9.94. The van der Waals surface area contributed by atoms with Crippen LogP contribution in [0.4, 0.5) is 0 Å². The highest BCUT2D eigenvalue weighted by Gasteiger charge is 2.29. The number of rotatable bonds is 1. The third kappa shape index (κ3) is 1.78. The fourth-order valence-corrected chi connectivity index (χ4v) is 5.21. The molecular weight excluding hydrogens is 223 g/mol. The average molecular weight is 234 g/mol. The van der Waals surface area contributed by atoms with Gasteiger partial charge in [-0.25, -0.2) is 0 Å². The molecule has 1 saturated carbocycles. The van der Waals surface area contributed by atoms with Crippen LogP contribution in [0.3, 0.4) is 0 Å². The summed E-state index contributed by atoms with van der Waals surface area (Å²) in [5.74, 6) is 1.20. The second-order valence-electron chi connectivity index (χ2n) is 4.01. The topological polar surface area (TPSA) is 47.6 Å². The second-order valence-corrected chi connectivity index (χ2v) is 6.36. The highest BCUT2D eigenvalue weighted by molar-refractivity contribution is 7.81. The predicted molar refractivity (Wildman–Crippen MR) is 62.0 cm³/mol. The zero-order valence-electron chi connectivity index (χ0n) is 8.53. The van der Waals surface area contributed by atoms with E-state index in [1.54, 1.807) is 10.9 Å². The Kier molecular flexibility index (Phi) is 3.06. The maximum atomic E-state index is 9.09. The van der Waals surface area contributed by atoms with Crippen molar-refractivity contribution in [2.75, 3.05) is 0 Å². The summed E-state index contributed by atoms with van der Waals surface area (Å²) in [6.45, 7) is 2.25. The molecule has 1 aromatic heterocycles. The first kappa shape index (κ1) is 10.6. The molecule has 2 atom stereocenters. The molecule has 1 aromatic rings. The Hall–Kier alpha value is -0.890. The zero-order chi connectivity index (χ0) is 10.8. The highest BCUT2D eigenvalue weighted by atomic mass is 32.5. The summed E-state index contributed by atoms with van der Waals surface area (Å²) < 4.78 is 0. The van der Waals surface area contributed by atoms with Gasteiger partial charge in [-0.15, -0.1) is 10.9 Å². The molecule has 0 aromatic carbocycles. The smallest absolute Gasteiger partial charge is 0.108 e. The summed E-state index contributed by atoms with van der Waals surface area (Å²) >= 11 is 0. The molecular formula is C11H11N2PS. The molecule has 0 amide bonds. The highest BCUT2D eigenvalue weighted by Crippen LogP contribution is 2.46. The Balaban J connectivity index is 2.41. The van der Waals surface area contributed by atoms with E-state index in [0.717, 1.165) is 7.37 Å². The summed E-state index contributed by atoms with van der Waals surface area (Å²) in [5.41, 5.74) is 0.669. The van der Waals surface area contributed by atoms with Crippen LogP contribution in [-0.4, -0.2) is 0 Å². The lowest BCUT2D eigenvalue weighted by molar-refractivity contribution is 0.539. The lowest BCUT2D eigenvalue weighted by Gasteiger charge is -2.13. The Morgan fingerprint density at radius 2 is 2.13 bits per heavy atom. The van der Waals surface area contributed by atoms with Crippen molar-refractivity contribution in [3.63, 3.8) is 0 Å². The van der Waals surface area contributed by atoms with Crippen LogP contribution in [0.1, 0.15) is 47.8 Å². The van der Waals surface area contributed by atoms with Crippen molar-refractivity contribution in [3.8, 4) is 12.1 Å². The van der Waals surface area contributed by atoms with Gasteiger partial charge in [-0.1, -0.05) is 19.8 Å². The number of nitrogens with zero attached hydrogens (tertiary/aromatic N) is 2. The maximum Gasteiger partial charge on any atom is 0.108 e. The lowest BCUT2D eigenvalue weighted by Crippen LogP contribution is -2.01. The quantitative estimate of drug-likeness (QED) is 0.738. The SMILES string of the molecule is CC1CCCC1c1spc(C#N)c1C#N. The molecule has 0 saturated heterocycles. The van der Waals surface area contributed by atoms with E-state index >= 15 is 0 Å². The molecule has 2 nitrogen and oxygen atoms in total. The fourth-order valence-electron chi connectivity index (χ4n) is 2.28. The van der Waals surface area contributed by atoms with Crippen LogP contribution in [0, 0.1) is 28.6 Å².